The molecule has 0 amide bonds. The molecule has 0 rings (SSSR count). The first-order valence-corrected chi connectivity index (χ1v) is 2.64. The maximum atomic E-state index is 10.7. The topological polar surface area (TPSA) is 111 Å². The van der Waals surface area contributed by atoms with Crippen molar-refractivity contribution in [2.24, 2.45) is 16.6 Å². The molecule has 0 radical (unpaired) electrons. The molecule has 0 spiro atoms. The third kappa shape index (κ3) is 3.09. The average Bonchev–Trinajstić information content (AvgIpc) is 2.02. The Morgan fingerprint density at radius 1 is 1.64 bits per heavy atom. The van der Waals surface area contributed by atoms with E-state index >= 15 is 0 Å². The van der Waals surface area contributed by atoms with Crippen LogP contribution in [0.2, 0.25) is 0 Å². The largest absolute Gasteiger partial charge is 0.483 e. The van der Waals surface area contributed by atoms with Gasteiger partial charge in [0.1, 0.15) is 0 Å². The van der Waals surface area contributed by atoms with Gasteiger partial charge in [-0.15, -0.1) is 0 Å². The molecule has 5 N–H and O–H groups in total. The van der Waals surface area contributed by atoms with Crippen molar-refractivity contribution in [2.45, 2.75) is 0 Å². The monoisotopic (exact) mass is 159 g/mol. The second-order valence-electron chi connectivity index (χ2n) is 1.60. The highest BCUT2D eigenvalue weighted by atomic mass is 16.5. The predicted octanol–water partition coefficient (Wildman–Crippen LogP) is -1.25. The highest BCUT2D eigenvalue weighted by Gasteiger charge is 2.04. The second kappa shape index (κ2) is 4.15. The summed E-state index contributed by atoms with van der Waals surface area (Å²) >= 11 is 0. The van der Waals surface area contributed by atoms with E-state index in [0.717, 1.165) is 6.08 Å². The van der Waals surface area contributed by atoms with Gasteiger partial charge in [-0.05, 0) is 0 Å². The highest BCUT2D eigenvalue weighted by Crippen LogP contribution is 1.84. The van der Waals surface area contributed by atoms with E-state index in [9.17, 15) is 4.79 Å². The minimum absolute atomic E-state index is 0.0957. The van der Waals surface area contributed by atoms with Crippen LogP contribution in [-0.2, 0) is 9.53 Å². The van der Waals surface area contributed by atoms with Gasteiger partial charge in [-0.2, -0.15) is 0 Å². The lowest BCUT2D eigenvalue weighted by atomic mass is 10.3. The van der Waals surface area contributed by atoms with Crippen molar-refractivity contribution in [1.29, 1.82) is 0 Å². The first-order chi connectivity index (χ1) is 5.11. The lowest BCUT2D eigenvalue weighted by Crippen LogP contribution is -2.23. The SMILES string of the molecule is COC(N)=CC(=O)/C(N)=N/O. The van der Waals surface area contributed by atoms with Gasteiger partial charge in [-0.1, -0.05) is 5.16 Å². The molecule has 6 nitrogen and oxygen atoms in total. The Hall–Kier alpha value is -1.72. The number of oxime groups is 1. The van der Waals surface area contributed by atoms with Crippen molar-refractivity contribution in [3.05, 3.63) is 12.0 Å². The van der Waals surface area contributed by atoms with Crippen LogP contribution in [-0.4, -0.2) is 23.9 Å². The normalized spacial score (nSPS) is 12.8. The predicted molar refractivity (Wildman–Crippen MR) is 37.7 cm³/mol. The fourth-order valence-electron chi connectivity index (χ4n) is 0.311. The summed E-state index contributed by atoms with van der Waals surface area (Å²) in [4.78, 5) is 10.7. The van der Waals surface area contributed by atoms with Gasteiger partial charge in [0.15, 0.2) is 5.88 Å². The smallest absolute Gasteiger partial charge is 0.229 e. The number of hydrogen-bond donors (Lipinski definition) is 3. The summed E-state index contributed by atoms with van der Waals surface area (Å²) in [7, 11) is 1.30. The van der Waals surface area contributed by atoms with E-state index in [4.69, 9.17) is 16.7 Å². The lowest BCUT2D eigenvalue weighted by Gasteiger charge is -1.96. The van der Waals surface area contributed by atoms with Gasteiger partial charge < -0.3 is 21.4 Å². The van der Waals surface area contributed by atoms with Crippen LogP contribution >= 0.6 is 0 Å². The molecule has 0 unspecified atom stereocenters. The van der Waals surface area contributed by atoms with Crippen molar-refractivity contribution >= 4 is 11.6 Å². The number of nitrogens with two attached hydrogens (primary N) is 2. The molecule has 0 fully saturated rings. The molecule has 0 aliphatic rings. The summed E-state index contributed by atoms with van der Waals surface area (Å²) in [5, 5.41) is 10.5. The van der Waals surface area contributed by atoms with Crippen molar-refractivity contribution < 1.29 is 14.7 Å². The Kier molecular flexibility index (Phi) is 3.50. The number of methoxy groups -OCH3 is 1. The van der Waals surface area contributed by atoms with E-state index in [1.54, 1.807) is 0 Å². The Morgan fingerprint density at radius 2 is 2.18 bits per heavy atom. The zero-order chi connectivity index (χ0) is 8.85. The molecule has 0 aliphatic carbocycles. The molecule has 0 saturated carbocycles. The van der Waals surface area contributed by atoms with E-state index in [1.807, 2.05) is 0 Å². The highest BCUT2D eigenvalue weighted by molar-refractivity contribution is 6.42. The van der Waals surface area contributed by atoms with Crippen LogP contribution in [0.5, 0.6) is 0 Å². The van der Waals surface area contributed by atoms with Gasteiger partial charge in [0.05, 0.1) is 7.11 Å². The Labute approximate surface area is 63.1 Å². The number of hydrogen-bond acceptors (Lipinski definition) is 5. The molecule has 0 atom stereocenters. The quantitative estimate of drug-likeness (QED) is 0.119. The number of rotatable bonds is 3. The van der Waals surface area contributed by atoms with E-state index in [2.05, 4.69) is 9.89 Å². The van der Waals surface area contributed by atoms with E-state index < -0.39 is 11.6 Å². The molecule has 62 valence electrons. The zero-order valence-electron chi connectivity index (χ0n) is 5.94. The van der Waals surface area contributed by atoms with Crippen LogP contribution in [0, 0.1) is 0 Å². The molecule has 0 heterocycles. The minimum atomic E-state index is -0.702. The van der Waals surface area contributed by atoms with E-state index in [-0.39, 0.29) is 5.88 Å². The van der Waals surface area contributed by atoms with Crippen LogP contribution in [0.3, 0.4) is 0 Å². The Morgan fingerprint density at radius 3 is 2.55 bits per heavy atom. The molecule has 6 heteroatoms. The molecule has 0 aromatic heterocycles. The number of carbonyl (C=O) groups is 1. The molecule has 0 aromatic carbocycles. The molecule has 0 saturated heterocycles. The number of nitrogens with zero attached hydrogens (tertiary/aromatic N) is 1. The third-order valence-corrected chi connectivity index (χ3v) is 0.869. The molecular formula is C5H9N3O3. The summed E-state index contributed by atoms with van der Waals surface area (Å²) in [5.74, 6) is -1.33. The fourth-order valence-corrected chi connectivity index (χ4v) is 0.311. The number of carbonyl (C=O) groups excluding carboxylic acids is 1. The van der Waals surface area contributed by atoms with E-state index in [1.165, 1.54) is 7.11 Å². The lowest BCUT2D eigenvalue weighted by molar-refractivity contribution is -0.109. The Bertz CT molecular complexity index is 209. The van der Waals surface area contributed by atoms with Crippen molar-refractivity contribution in [3.8, 4) is 0 Å². The summed E-state index contributed by atoms with van der Waals surface area (Å²) in [5.41, 5.74) is 10.0. The standard InChI is InChI=1S/C5H9N3O3/c1-11-4(6)2-3(9)5(7)8-10/h2,10H,6H2,1H3,(H2,7,8). The number of ketones is 1. The van der Waals surface area contributed by atoms with Crippen LogP contribution in [0.25, 0.3) is 0 Å². The van der Waals surface area contributed by atoms with Crippen LogP contribution in [0.4, 0.5) is 0 Å². The number of ether oxygens (including phenoxy) is 1. The van der Waals surface area contributed by atoms with Gasteiger partial charge in [-0.25, -0.2) is 0 Å². The molecule has 0 aromatic rings. The fraction of sp³-hybridized carbons (Fsp3) is 0.200. The maximum Gasteiger partial charge on any atom is 0.229 e. The minimum Gasteiger partial charge on any atom is -0.483 e. The van der Waals surface area contributed by atoms with Gasteiger partial charge in [-0.3, -0.25) is 4.79 Å². The van der Waals surface area contributed by atoms with Crippen molar-refractivity contribution in [2.75, 3.05) is 7.11 Å². The van der Waals surface area contributed by atoms with Crippen molar-refractivity contribution in [3.63, 3.8) is 0 Å². The van der Waals surface area contributed by atoms with Gasteiger partial charge >= 0.3 is 0 Å². The Balaban J connectivity index is 4.29. The zero-order valence-corrected chi connectivity index (χ0v) is 5.94. The summed E-state index contributed by atoms with van der Waals surface area (Å²) in [6.45, 7) is 0. The second-order valence-corrected chi connectivity index (χ2v) is 1.60. The summed E-state index contributed by atoms with van der Waals surface area (Å²) < 4.78 is 4.44. The van der Waals surface area contributed by atoms with Crippen LogP contribution in [0.1, 0.15) is 0 Å². The first-order valence-electron chi connectivity index (χ1n) is 2.64. The van der Waals surface area contributed by atoms with Crippen molar-refractivity contribution in [1.82, 2.24) is 0 Å². The molecule has 11 heavy (non-hydrogen) atoms. The van der Waals surface area contributed by atoms with Gasteiger partial charge in [0.25, 0.3) is 0 Å². The molecule has 0 bridgehead atoms. The van der Waals surface area contributed by atoms with E-state index in [0.29, 0.717) is 0 Å². The molecule has 0 aliphatic heterocycles. The summed E-state index contributed by atoms with van der Waals surface area (Å²) in [6.07, 6.45) is 0.912. The maximum absolute atomic E-state index is 10.7. The van der Waals surface area contributed by atoms with Gasteiger partial charge in [0.2, 0.25) is 11.6 Å². The van der Waals surface area contributed by atoms with Crippen LogP contribution in [0.15, 0.2) is 17.1 Å². The van der Waals surface area contributed by atoms with Crippen LogP contribution < -0.4 is 11.5 Å². The van der Waals surface area contributed by atoms with Gasteiger partial charge in [0, 0.05) is 6.08 Å². The number of amidine groups is 1. The summed E-state index contributed by atoms with van der Waals surface area (Å²) in [6, 6.07) is 0. The third-order valence-electron chi connectivity index (χ3n) is 0.869. The first kappa shape index (κ1) is 9.28. The average molecular weight is 159 g/mol. The molecular weight excluding hydrogens is 150 g/mol.